The van der Waals surface area contributed by atoms with Crippen LogP contribution in [0.2, 0.25) is 0 Å². The lowest BCUT2D eigenvalue weighted by molar-refractivity contribution is 0.0822. The SMILES string of the molecule is CC(C)(C)C(=O)c1ccc(O)o1. The summed E-state index contributed by atoms with van der Waals surface area (Å²) in [5.74, 6) is -0.120. The molecule has 0 fully saturated rings. The van der Waals surface area contributed by atoms with Gasteiger partial charge in [-0.3, -0.25) is 4.79 Å². The second-order valence-corrected chi connectivity index (χ2v) is 3.72. The Morgan fingerprint density at radius 3 is 2.33 bits per heavy atom. The first kappa shape index (κ1) is 8.84. The standard InChI is InChI=1S/C9H12O3/c1-9(2,3)8(11)6-4-5-7(10)12-6/h4-5,10H,1-3H3. The monoisotopic (exact) mass is 168 g/mol. The lowest BCUT2D eigenvalue weighted by atomic mass is 9.89. The van der Waals surface area contributed by atoms with E-state index in [4.69, 9.17) is 9.52 Å². The van der Waals surface area contributed by atoms with Gasteiger partial charge < -0.3 is 9.52 Å². The average molecular weight is 168 g/mol. The highest BCUT2D eigenvalue weighted by Gasteiger charge is 2.25. The molecule has 1 N–H and O–H groups in total. The van der Waals surface area contributed by atoms with Gasteiger partial charge in [0.05, 0.1) is 0 Å². The third-order valence-electron chi connectivity index (χ3n) is 1.50. The van der Waals surface area contributed by atoms with Crippen molar-refractivity contribution in [3.8, 4) is 5.95 Å². The van der Waals surface area contributed by atoms with E-state index in [1.165, 1.54) is 12.1 Å². The minimum Gasteiger partial charge on any atom is -0.481 e. The largest absolute Gasteiger partial charge is 0.481 e. The van der Waals surface area contributed by atoms with Gasteiger partial charge in [0.15, 0.2) is 5.76 Å². The van der Waals surface area contributed by atoms with Crippen LogP contribution in [0, 0.1) is 5.41 Å². The fourth-order valence-corrected chi connectivity index (χ4v) is 0.819. The summed E-state index contributed by atoms with van der Waals surface area (Å²) in [6.45, 7) is 5.40. The highest BCUT2D eigenvalue weighted by molar-refractivity contribution is 5.97. The van der Waals surface area contributed by atoms with Crippen LogP contribution in [0.15, 0.2) is 16.5 Å². The molecule has 0 bridgehead atoms. The van der Waals surface area contributed by atoms with Crippen molar-refractivity contribution in [3.63, 3.8) is 0 Å². The minimum atomic E-state index is -0.468. The van der Waals surface area contributed by atoms with Gasteiger partial charge in [-0.05, 0) is 6.07 Å². The first-order valence-corrected chi connectivity index (χ1v) is 3.75. The van der Waals surface area contributed by atoms with E-state index in [1.807, 2.05) is 0 Å². The molecule has 0 radical (unpaired) electrons. The van der Waals surface area contributed by atoms with Crippen LogP contribution in [-0.2, 0) is 0 Å². The van der Waals surface area contributed by atoms with Crippen molar-refractivity contribution in [3.05, 3.63) is 17.9 Å². The molecule has 0 saturated heterocycles. The number of carbonyl (C=O) groups is 1. The van der Waals surface area contributed by atoms with Crippen molar-refractivity contribution in [1.82, 2.24) is 0 Å². The molecule has 0 aliphatic rings. The van der Waals surface area contributed by atoms with Crippen LogP contribution in [0.1, 0.15) is 31.3 Å². The first-order chi connectivity index (χ1) is 5.41. The summed E-state index contributed by atoms with van der Waals surface area (Å²) < 4.78 is 4.78. The quantitative estimate of drug-likeness (QED) is 0.654. The molecule has 1 rings (SSSR count). The molecule has 0 aliphatic heterocycles. The zero-order valence-electron chi connectivity index (χ0n) is 7.42. The number of hydrogen-bond acceptors (Lipinski definition) is 3. The number of aromatic hydroxyl groups is 1. The molecule has 0 aliphatic carbocycles. The van der Waals surface area contributed by atoms with Crippen LogP contribution in [0.25, 0.3) is 0 Å². The van der Waals surface area contributed by atoms with Gasteiger partial charge in [0.2, 0.25) is 5.78 Å². The summed E-state index contributed by atoms with van der Waals surface area (Å²) in [5, 5.41) is 8.85. The van der Waals surface area contributed by atoms with Crippen molar-refractivity contribution in [2.75, 3.05) is 0 Å². The summed E-state index contributed by atoms with van der Waals surface area (Å²) in [4.78, 5) is 11.5. The van der Waals surface area contributed by atoms with Crippen molar-refractivity contribution < 1.29 is 14.3 Å². The lowest BCUT2D eigenvalue weighted by Gasteiger charge is -2.13. The maximum atomic E-state index is 11.5. The summed E-state index contributed by atoms with van der Waals surface area (Å²) in [5.41, 5.74) is -0.468. The van der Waals surface area contributed by atoms with Crippen molar-refractivity contribution >= 4 is 5.78 Å². The van der Waals surface area contributed by atoms with Gasteiger partial charge in [-0.2, -0.15) is 0 Å². The molecule has 3 nitrogen and oxygen atoms in total. The third kappa shape index (κ3) is 1.67. The van der Waals surface area contributed by atoms with E-state index in [0.717, 1.165) is 0 Å². The van der Waals surface area contributed by atoms with Crippen LogP contribution < -0.4 is 0 Å². The molecule has 1 aromatic rings. The van der Waals surface area contributed by atoms with Crippen LogP contribution >= 0.6 is 0 Å². The molecule has 0 amide bonds. The number of hydrogen-bond donors (Lipinski definition) is 1. The molecule has 12 heavy (non-hydrogen) atoms. The van der Waals surface area contributed by atoms with Crippen molar-refractivity contribution in [2.24, 2.45) is 5.41 Å². The van der Waals surface area contributed by atoms with Gasteiger partial charge in [0.1, 0.15) is 0 Å². The number of furan rings is 1. The Bertz CT molecular complexity index is 291. The predicted molar refractivity (Wildman–Crippen MR) is 44.2 cm³/mol. The fraction of sp³-hybridized carbons (Fsp3) is 0.444. The molecule has 0 aromatic carbocycles. The predicted octanol–water partition coefficient (Wildman–Crippen LogP) is 2.21. The van der Waals surface area contributed by atoms with E-state index >= 15 is 0 Å². The van der Waals surface area contributed by atoms with Crippen LogP contribution in [0.4, 0.5) is 0 Å². The van der Waals surface area contributed by atoms with Crippen molar-refractivity contribution in [1.29, 1.82) is 0 Å². The molecule has 0 saturated carbocycles. The number of rotatable bonds is 1. The van der Waals surface area contributed by atoms with Gasteiger partial charge >= 0.3 is 0 Å². The smallest absolute Gasteiger partial charge is 0.282 e. The van der Waals surface area contributed by atoms with E-state index < -0.39 is 5.41 Å². The molecular weight excluding hydrogens is 156 g/mol. The zero-order chi connectivity index (χ0) is 9.35. The van der Waals surface area contributed by atoms with Gasteiger partial charge in [-0.1, -0.05) is 20.8 Å². The lowest BCUT2D eigenvalue weighted by Crippen LogP contribution is -2.19. The van der Waals surface area contributed by atoms with Gasteiger partial charge in [-0.25, -0.2) is 0 Å². The Hall–Kier alpha value is -1.25. The molecule has 1 heterocycles. The van der Waals surface area contributed by atoms with E-state index in [0.29, 0.717) is 0 Å². The van der Waals surface area contributed by atoms with Gasteiger partial charge in [-0.15, -0.1) is 0 Å². The Morgan fingerprint density at radius 2 is 2.00 bits per heavy atom. The Labute approximate surface area is 71.0 Å². The fourth-order valence-electron chi connectivity index (χ4n) is 0.819. The molecule has 0 unspecified atom stereocenters. The number of Topliss-reactive ketones (excluding diaryl/α,β-unsaturated/α-hetero) is 1. The van der Waals surface area contributed by atoms with Crippen LogP contribution in [0.3, 0.4) is 0 Å². The Morgan fingerprint density at radius 1 is 1.42 bits per heavy atom. The summed E-state index contributed by atoms with van der Waals surface area (Å²) in [7, 11) is 0. The summed E-state index contributed by atoms with van der Waals surface area (Å²) in [6.07, 6.45) is 0. The second-order valence-electron chi connectivity index (χ2n) is 3.72. The topological polar surface area (TPSA) is 50.4 Å². The van der Waals surface area contributed by atoms with Crippen LogP contribution in [0.5, 0.6) is 5.95 Å². The van der Waals surface area contributed by atoms with E-state index in [9.17, 15) is 4.79 Å². The highest BCUT2D eigenvalue weighted by atomic mass is 16.5. The maximum Gasteiger partial charge on any atom is 0.282 e. The molecular formula is C9H12O3. The third-order valence-corrected chi connectivity index (χ3v) is 1.50. The first-order valence-electron chi connectivity index (χ1n) is 3.75. The molecule has 66 valence electrons. The summed E-state index contributed by atoms with van der Waals surface area (Å²) >= 11 is 0. The molecule has 0 atom stereocenters. The second kappa shape index (κ2) is 2.66. The minimum absolute atomic E-state index is 0.109. The Balaban J connectivity index is 2.93. The van der Waals surface area contributed by atoms with Crippen molar-refractivity contribution in [2.45, 2.75) is 20.8 Å². The molecule has 0 spiro atoms. The van der Waals surface area contributed by atoms with E-state index in [2.05, 4.69) is 0 Å². The molecule has 3 heteroatoms. The number of carbonyl (C=O) groups excluding carboxylic acids is 1. The normalized spacial score (nSPS) is 11.6. The highest BCUT2D eigenvalue weighted by Crippen LogP contribution is 2.23. The molecule has 1 aromatic heterocycles. The van der Waals surface area contributed by atoms with E-state index in [1.54, 1.807) is 20.8 Å². The van der Waals surface area contributed by atoms with Gasteiger partial charge in [0, 0.05) is 11.5 Å². The van der Waals surface area contributed by atoms with Gasteiger partial charge in [0.25, 0.3) is 5.95 Å². The van der Waals surface area contributed by atoms with E-state index in [-0.39, 0.29) is 17.5 Å². The maximum absolute atomic E-state index is 11.5. The zero-order valence-corrected chi connectivity index (χ0v) is 7.42. The summed E-state index contributed by atoms with van der Waals surface area (Å²) in [6, 6.07) is 2.84. The van der Waals surface area contributed by atoms with Crippen LogP contribution in [-0.4, -0.2) is 10.9 Å². The number of ketones is 1. The average Bonchev–Trinajstić information content (AvgIpc) is 2.32. The Kier molecular flexibility index (Phi) is 1.96.